The zero-order valence-corrected chi connectivity index (χ0v) is 10.9. The minimum absolute atomic E-state index is 0.117. The van der Waals surface area contributed by atoms with E-state index in [-0.39, 0.29) is 5.41 Å². The molecule has 0 spiro atoms. The highest BCUT2D eigenvalue weighted by Crippen LogP contribution is 2.17. The van der Waals surface area contributed by atoms with Crippen LogP contribution in [0.15, 0.2) is 0 Å². The van der Waals surface area contributed by atoms with Gasteiger partial charge in [-0.15, -0.1) is 0 Å². The molecule has 3 N–H and O–H groups in total. The molecule has 0 bridgehead atoms. The number of rotatable bonds is 7. The second-order valence-electron chi connectivity index (χ2n) is 4.82. The molecule has 0 aromatic rings. The lowest BCUT2D eigenvalue weighted by molar-refractivity contribution is -0.140. The fraction of sp³-hybridized carbons (Fsp3) is 0.727. The first-order valence-corrected chi connectivity index (χ1v) is 5.64. The van der Waals surface area contributed by atoms with Crippen molar-refractivity contribution in [3.63, 3.8) is 0 Å². The Kier molecular flexibility index (Phi) is 6.15. The van der Waals surface area contributed by atoms with E-state index in [1.807, 2.05) is 20.8 Å². The number of carbonyl (C=O) groups is 3. The van der Waals surface area contributed by atoms with Crippen LogP contribution in [-0.4, -0.2) is 52.7 Å². The average Bonchev–Trinajstić information content (AvgIpc) is 2.24. The first-order valence-electron chi connectivity index (χ1n) is 5.64. The van der Waals surface area contributed by atoms with Crippen LogP contribution in [0.2, 0.25) is 0 Å². The van der Waals surface area contributed by atoms with Crippen LogP contribution < -0.4 is 5.32 Å². The number of urea groups is 1. The molecule has 0 atom stereocenters. The molecule has 0 rings (SSSR count). The maximum absolute atomic E-state index is 11.7. The topological polar surface area (TPSA) is 107 Å². The van der Waals surface area contributed by atoms with Crippen LogP contribution in [0.5, 0.6) is 0 Å². The summed E-state index contributed by atoms with van der Waals surface area (Å²) in [5, 5.41) is 19.8. The Labute approximate surface area is 106 Å². The molecule has 0 heterocycles. The van der Waals surface area contributed by atoms with Gasteiger partial charge in [0.05, 0.1) is 0 Å². The molecule has 0 aliphatic rings. The summed E-state index contributed by atoms with van der Waals surface area (Å²) in [4.78, 5) is 33.5. The summed E-state index contributed by atoms with van der Waals surface area (Å²) in [5.41, 5.74) is -0.117. The average molecular weight is 260 g/mol. The van der Waals surface area contributed by atoms with Gasteiger partial charge in [0.2, 0.25) is 0 Å². The van der Waals surface area contributed by atoms with Crippen LogP contribution in [0.25, 0.3) is 0 Å². The number of carboxylic acids is 2. The van der Waals surface area contributed by atoms with E-state index in [9.17, 15) is 14.4 Å². The van der Waals surface area contributed by atoms with Crippen molar-refractivity contribution in [3.05, 3.63) is 0 Å². The van der Waals surface area contributed by atoms with Gasteiger partial charge in [-0.05, 0) is 11.8 Å². The monoisotopic (exact) mass is 260 g/mol. The lowest BCUT2D eigenvalue weighted by Crippen LogP contribution is -2.47. The highest BCUT2D eigenvalue weighted by Gasteiger charge is 2.22. The van der Waals surface area contributed by atoms with Crippen molar-refractivity contribution in [1.82, 2.24) is 10.2 Å². The summed E-state index contributed by atoms with van der Waals surface area (Å²) in [7, 11) is 0. The number of nitrogens with one attached hydrogen (secondary N) is 1. The molecule has 7 nitrogen and oxygen atoms in total. The molecular formula is C11H20N2O5. The Hall–Kier alpha value is -1.79. The minimum Gasteiger partial charge on any atom is -0.480 e. The molecular weight excluding hydrogens is 240 g/mol. The molecule has 0 aromatic heterocycles. The second kappa shape index (κ2) is 6.83. The van der Waals surface area contributed by atoms with Gasteiger partial charge >= 0.3 is 18.0 Å². The molecule has 0 unspecified atom stereocenters. The van der Waals surface area contributed by atoms with E-state index in [0.29, 0.717) is 6.54 Å². The number of nitrogens with zero attached hydrogens (tertiary/aromatic N) is 1. The third-order valence-corrected chi connectivity index (χ3v) is 2.61. The van der Waals surface area contributed by atoms with Crippen LogP contribution in [0.4, 0.5) is 4.79 Å². The van der Waals surface area contributed by atoms with E-state index < -0.39 is 31.1 Å². The van der Waals surface area contributed by atoms with Crippen LogP contribution in [0.3, 0.4) is 0 Å². The minimum atomic E-state index is -1.25. The lowest BCUT2D eigenvalue weighted by Gasteiger charge is -2.25. The van der Waals surface area contributed by atoms with Gasteiger partial charge in [0, 0.05) is 6.54 Å². The number of hydrogen-bond donors (Lipinski definition) is 3. The van der Waals surface area contributed by atoms with Crippen LogP contribution >= 0.6 is 0 Å². The molecule has 18 heavy (non-hydrogen) atoms. The van der Waals surface area contributed by atoms with Gasteiger partial charge in [-0.3, -0.25) is 9.59 Å². The fourth-order valence-corrected chi connectivity index (χ4v) is 1.08. The molecule has 7 heteroatoms. The third kappa shape index (κ3) is 6.72. The van der Waals surface area contributed by atoms with Crippen LogP contribution in [0.1, 0.15) is 27.2 Å². The largest absolute Gasteiger partial charge is 0.480 e. The summed E-state index contributed by atoms with van der Waals surface area (Å²) in [6, 6.07) is -0.679. The van der Waals surface area contributed by atoms with E-state index >= 15 is 0 Å². The number of hydrogen-bond acceptors (Lipinski definition) is 3. The standard InChI is InChI=1S/C11H20N2O5/c1-4-11(2,3)7-12-10(18)13(5-8(14)15)6-9(16)17/h4-7H2,1-3H3,(H,12,18)(H,14,15)(H,16,17). The van der Waals surface area contributed by atoms with E-state index in [1.54, 1.807) is 0 Å². The Bertz CT molecular complexity index is 311. The van der Waals surface area contributed by atoms with Crippen molar-refractivity contribution < 1.29 is 24.6 Å². The van der Waals surface area contributed by atoms with Crippen molar-refractivity contribution in [2.45, 2.75) is 27.2 Å². The molecule has 0 aromatic carbocycles. The van der Waals surface area contributed by atoms with Crippen LogP contribution in [0, 0.1) is 5.41 Å². The van der Waals surface area contributed by atoms with E-state index in [0.717, 1.165) is 11.3 Å². The van der Waals surface area contributed by atoms with Gasteiger partial charge in [0.15, 0.2) is 0 Å². The van der Waals surface area contributed by atoms with E-state index in [1.165, 1.54) is 0 Å². The SMILES string of the molecule is CCC(C)(C)CNC(=O)N(CC(=O)O)CC(=O)O. The van der Waals surface area contributed by atoms with Gasteiger partial charge in [0.1, 0.15) is 13.1 Å². The molecule has 104 valence electrons. The number of amides is 2. The summed E-state index contributed by atoms with van der Waals surface area (Å²) in [5.74, 6) is -2.50. The van der Waals surface area contributed by atoms with Crippen molar-refractivity contribution in [2.24, 2.45) is 5.41 Å². The first-order chi connectivity index (χ1) is 8.18. The van der Waals surface area contributed by atoms with Gasteiger partial charge in [-0.25, -0.2) is 4.79 Å². The van der Waals surface area contributed by atoms with Crippen LogP contribution in [-0.2, 0) is 9.59 Å². The molecule has 0 aliphatic carbocycles. The molecule has 2 amide bonds. The van der Waals surface area contributed by atoms with Crippen molar-refractivity contribution >= 4 is 18.0 Å². The summed E-state index contributed by atoms with van der Waals surface area (Å²) >= 11 is 0. The smallest absolute Gasteiger partial charge is 0.323 e. The Morgan fingerprint density at radius 1 is 1.11 bits per heavy atom. The molecule has 0 fully saturated rings. The number of carbonyl (C=O) groups excluding carboxylic acids is 1. The van der Waals surface area contributed by atoms with Gasteiger partial charge in [0.25, 0.3) is 0 Å². The summed E-state index contributed by atoms with van der Waals surface area (Å²) in [6.45, 7) is 4.96. The predicted molar refractivity (Wildman–Crippen MR) is 64.3 cm³/mol. The highest BCUT2D eigenvalue weighted by molar-refractivity contribution is 5.84. The first kappa shape index (κ1) is 16.2. The number of carboxylic acid groups (broad SMARTS) is 2. The molecule has 0 radical (unpaired) electrons. The fourth-order valence-electron chi connectivity index (χ4n) is 1.08. The van der Waals surface area contributed by atoms with Gasteiger partial charge < -0.3 is 20.4 Å². The maximum Gasteiger partial charge on any atom is 0.323 e. The molecule has 0 aliphatic heterocycles. The highest BCUT2D eigenvalue weighted by atomic mass is 16.4. The van der Waals surface area contributed by atoms with Crippen molar-refractivity contribution in [2.75, 3.05) is 19.6 Å². The van der Waals surface area contributed by atoms with E-state index in [2.05, 4.69) is 5.32 Å². The van der Waals surface area contributed by atoms with Crippen molar-refractivity contribution in [1.29, 1.82) is 0 Å². The summed E-state index contributed by atoms with van der Waals surface area (Å²) in [6.07, 6.45) is 0.838. The second-order valence-corrected chi connectivity index (χ2v) is 4.82. The molecule has 0 saturated heterocycles. The molecule has 0 saturated carbocycles. The Morgan fingerprint density at radius 3 is 1.89 bits per heavy atom. The van der Waals surface area contributed by atoms with Crippen molar-refractivity contribution in [3.8, 4) is 0 Å². The third-order valence-electron chi connectivity index (χ3n) is 2.61. The Morgan fingerprint density at radius 2 is 1.56 bits per heavy atom. The van der Waals surface area contributed by atoms with E-state index in [4.69, 9.17) is 10.2 Å². The number of aliphatic carboxylic acids is 2. The zero-order valence-electron chi connectivity index (χ0n) is 10.9. The predicted octanol–water partition coefficient (Wildman–Crippen LogP) is 0.603. The lowest BCUT2D eigenvalue weighted by atomic mass is 9.90. The maximum atomic E-state index is 11.7. The quantitative estimate of drug-likeness (QED) is 0.621. The van der Waals surface area contributed by atoms with Gasteiger partial charge in [-0.2, -0.15) is 0 Å². The Balaban J connectivity index is 4.46. The normalized spacial score (nSPS) is 10.8. The summed E-state index contributed by atoms with van der Waals surface area (Å²) < 4.78 is 0. The zero-order chi connectivity index (χ0) is 14.3. The van der Waals surface area contributed by atoms with Gasteiger partial charge in [-0.1, -0.05) is 20.8 Å².